The van der Waals surface area contributed by atoms with E-state index in [2.05, 4.69) is 80.3 Å². The van der Waals surface area contributed by atoms with Crippen LogP contribution >= 0.6 is 0 Å². The highest BCUT2D eigenvalue weighted by Gasteiger charge is 2.95. The summed E-state index contributed by atoms with van der Waals surface area (Å²) in [5.74, 6) is -52.6. The van der Waals surface area contributed by atoms with Crippen molar-refractivity contribution < 1.29 is 97.8 Å². The molecule has 25 heteroatoms. The first kappa shape index (κ1) is 81.5. The van der Waals surface area contributed by atoms with Gasteiger partial charge in [0.25, 0.3) is 0 Å². The number of benzene rings is 3. The van der Waals surface area contributed by atoms with Gasteiger partial charge in [0, 0.05) is 25.4 Å². The summed E-state index contributed by atoms with van der Waals surface area (Å²) < 4.78 is 274. The first-order chi connectivity index (χ1) is 41.5. The predicted molar refractivity (Wildman–Crippen MR) is 330 cm³/mol. The van der Waals surface area contributed by atoms with Crippen molar-refractivity contribution in [3.8, 4) is 11.8 Å². The molecule has 0 aliphatic heterocycles. The zero-order valence-corrected chi connectivity index (χ0v) is 57.9. The van der Waals surface area contributed by atoms with Crippen molar-refractivity contribution in [2.24, 2.45) is 23.7 Å². The molecule has 0 bridgehead atoms. The van der Waals surface area contributed by atoms with Gasteiger partial charge in [-0.3, -0.25) is 0 Å². The van der Waals surface area contributed by atoms with Crippen molar-refractivity contribution in [2.75, 3.05) is 13.2 Å². The van der Waals surface area contributed by atoms with Crippen LogP contribution in [-0.2, 0) is 23.6 Å². The maximum Gasteiger partial charge on any atom is 0.460 e. The van der Waals surface area contributed by atoms with Gasteiger partial charge in [0.2, 0.25) is 0 Å². The monoisotopic (exact) mass is 1370 g/mol. The molecule has 0 saturated heterocycles. The number of aliphatic hydroxyl groups is 1. The molecule has 3 rings (SSSR count). The van der Waals surface area contributed by atoms with E-state index >= 15 is 26.3 Å². The average molecular weight is 1370 g/mol. The topological polar surface area (TPSA) is 57.2 Å². The number of alkyl halides is 17. The molecule has 0 aromatic heterocycles. The third kappa shape index (κ3) is 17.4. The van der Waals surface area contributed by atoms with Gasteiger partial charge in [-0.05, 0) is 101 Å². The summed E-state index contributed by atoms with van der Waals surface area (Å²) >= 11 is 0. The zero-order chi connectivity index (χ0) is 70.1. The molecule has 0 aliphatic carbocycles. The van der Waals surface area contributed by atoms with Crippen LogP contribution in [0.25, 0.3) is 0 Å². The Morgan fingerprint density at radius 2 is 0.945 bits per heavy atom. The second-order valence-electron chi connectivity index (χ2n) is 26.5. The lowest BCUT2D eigenvalue weighted by molar-refractivity contribution is -0.461. The third-order valence-electron chi connectivity index (χ3n) is 18.5. The second-order valence-corrected chi connectivity index (χ2v) is 41.0. The van der Waals surface area contributed by atoms with Crippen LogP contribution in [0.1, 0.15) is 133 Å². The Morgan fingerprint density at radius 1 is 0.538 bits per heavy atom. The molecule has 0 radical (unpaired) electrons. The number of hydrogen-bond donors (Lipinski definition) is 1. The lowest BCUT2D eigenvalue weighted by Gasteiger charge is -2.45. The normalized spacial score (nSPS) is 16.8. The standard InChI is InChI=1S/C66H93F17O5Si3/c1-17-90(18-2,19-3)86-44-47(8)42-50(11)56(88-89(15,16)57(12,13)14)49(10)37-38-54(84)43-55(48(9)30-29-40-85-59(51-31-23-20-24-32-51,52-33-25-21-26-34-52)53-35-27-22-28-36-53)87-91(45(4)5,46(6)7)41-39-58(67,68)60(69,70)61(71,72)62(73,74)63(75,76)64(77,78)65(79,80)66(81,82)83/h20-36,45-50,54-56,84H,17-19,39-44H2,1-16H3/b30-29+/t47-,48-,49+,50+,54-,55-,56+/m1/s1. The summed E-state index contributed by atoms with van der Waals surface area (Å²) in [5.41, 5.74) is -1.07. The lowest BCUT2D eigenvalue weighted by atomic mass is 9.80. The van der Waals surface area contributed by atoms with E-state index in [1.165, 1.54) is 27.7 Å². The first-order valence-corrected chi connectivity index (χ1v) is 38.6. The molecule has 0 saturated carbocycles. The minimum Gasteiger partial charge on any atom is -0.417 e. The van der Waals surface area contributed by atoms with Crippen LogP contribution in [0.4, 0.5) is 74.6 Å². The van der Waals surface area contributed by atoms with E-state index in [1.54, 1.807) is 19.1 Å². The van der Waals surface area contributed by atoms with Crippen molar-refractivity contribution in [1.82, 2.24) is 0 Å². The van der Waals surface area contributed by atoms with Crippen LogP contribution < -0.4 is 0 Å². The number of ether oxygens (including phenoxy) is 1. The van der Waals surface area contributed by atoms with E-state index < -0.39 is 138 Å². The van der Waals surface area contributed by atoms with Crippen LogP contribution in [0.15, 0.2) is 103 Å². The van der Waals surface area contributed by atoms with E-state index in [0.29, 0.717) is 13.0 Å². The van der Waals surface area contributed by atoms with Crippen molar-refractivity contribution in [2.45, 2.75) is 241 Å². The van der Waals surface area contributed by atoms with E-state index in [9.17, 15) is 53.4 Å². The zero-order valence-electron chi connectivity index (χ0n) is 54.9. The van der Waals surface area contributed by atoms with Crippen molar-refractivity contribution in [1.29, 1.82) is 0 Å². The molecule has 0 amide bonds. The summed E-state index contributed by atoms with van der Waals surface area (Å²) in [5, 5.41) is 11.8. The minimum absolute atomic E-state index is 0.0973. The molecular formula is C66H93F17O5Si3. The predicted octanol–water partition coefficient (Wildman–Crippen LogP) is 21.2. The summed E-state index contributed by atoms with van der Waals surface area (Å²) in [4.78, 5) is 0. The van der Waals surface area contributed by atoms with Crippen LogP contribution in [0.3, 0.4) is 0 Å². The second kappa shape index (κ2) is 31.0. The fourth-order valence-corrected chi connectivity index (χ4v) is 20.2. The minimum atomic E-state index is -8.74. The lowest BCUT2D eigenvalue weighted by Crippen LogP contribution is -2.74. The number of aliphatic hydroxyl groups excluding tert-OH is 1. The molecule has 518 valence electrons. The van der Waals surface area contributed by atoms with Gasteiger partial charge in [0.1, 0.15) is 11.7 Å². The third-order valence-corrected chi connectivity index (χ3v) is 33.3. The van der Waals surface area contributed by atoms with Crippen LogP contribution in [0.2, 0.25) is 53.4 Å². The van der Waals surface area contributed by atoms with Gasteiger partial charge in [-0.2, -0.15) is 74.6 Å². The van der Waals surface area contributed by atoms with E-state index in [1.807, 2.05) is 97.9 Å². The van der Waals surface area contributed by atoms with Gasteiger partial charge in [0.05, 0.1) is 18.8 Å². The van der Waals surface area contributed by atoms with Crippen LogP contribution in [0, 0.1) is 35.5 Å². The Kier molecular flexibility index (Phi) is 27.7. The van der Waals surface area contributed by atoms with Crippen molar-refractivity contribution >= 4 is 25.0 Å². The Hall–Kier alpha value is -3.78. The SMILES string of the molecule is CC[Si](CC)(CC)OC[C@H](C)C[C@H](C)[C@@H](O[Si](C)(C)C(C)(C)C)[C@@H](C)C#C[C@@H](O)C[C@@H](O[Si](CCC(F)(F)C(F)(F)C(F)(F)C(F)(F)C(F)(F)C(F)(F)C(F)(F)C(F)(F)F)(C(C)C)C(C)C)[C@H](C)/C=C/COC(c1ccccc1)(c1ccccc1)c1ccccc1. The molecular weight excluding hydrogens is 1280 g/mol. The molecule has 3 aromatic rings. The molecule has 91 heavy (non-hydrogen) atoms. The van der Waals surface area contributed by atoms with Gasteiger partial charge < -0.3 is 23.1 Å². The molecule has 5 nitrogen and oxygen atoms in total. The van der Waals surface area contributed by atoms with Gasteiger partial charge in [-0.15, -0.1) is 0 Å². The Bertz CT molecular complexity index is 2670. The quantitative estimate of drug-likeness (QED) is 0.0209. The smallest absolute Gasteiger partial charge is 0.417 e. The highest BCUT2D eigenvalue weighted by Crippen LogP contribution is 2.65. The van der Waals surface area contributed by atoms with Gasteiger partial charge in [-0.1, -0.05) is 205 Å². The van der Waals surface area contributed by atoms with Crippen molar-refractivity contribution in [3.63, 3.8) is 0 Å². The first-order valence-electron chi connectivity index (χ1n) is 30.8. The number of hydrogen-bond acceptors (Lipinski definition) is 5. The fraction of sp³-hybridized carbons (Fsp3) is 0.667. The van der Waals surface area contributed by atoms with Gasteiger partial charge in [0.15, 0.2) is 25.0 Å². The summed E-state index contributed by atoms with van der Waals surface area (Å²) in [6, 6.07) is 29.2. The summed E-state index contributed by atoms with van der Waals surface area (Å²) in [6.07, 6.45) is -10.5. The van der Waals surface area contributed by atoms with E-state index in [-0.39, 0.29) is 23.5 Å². The molecule has 0 unspecified atom stereocenters. The number of rotatable bonds is 35. The summed E-state index contributed by atoms with van der Waals surface area (Å²) in [7, 11) is -8.86. The van der Waals surface area contributed by atoms with E-state index in [4.69, 9.17) is 18.0 Å². The van der Waals surface area contributed by atoms with E-state index in [0.717, 1.165) is 34.8 Å². The maximum absolute atomic E-state index is 16.0. The molecule has 0 spiro atoms. The molecule has 0 heterocycles. The molecule has 1 N–H and O–H groups in total. The highest BCUT2D eigenvalue weighted by molar-refractivity contribution is 6.76. The Morgan fingerprint density at radius 3 is 1.33 bits per heavy atom. The van der Waals surface area contributed by atoms with Gasteiger partial charge >= 0.3 is 47.6 Å². The molecule has 0 aliphatic rings. The molecule has 0 fully saturated rings. The fourth-order valence-electron chi connectivity index (χ4n) is 11.3. The highest BCUT2D eigenvalue weighted by atomic mass is 28.4. The number of halogens is 17. The maximum atomic E-state index is 16.0. The van der Waals surface area contributed by atoms with Gasteiger partial charge in [-0.25, -0.2) is 0 Å². The average Bonchev–Trinajstić information content (AvgIpc) is 0.763. The molecule has 3 aromatic carbocycles. The van der Waals surface area contributed by atoms with Crippen LogP contribution in [-0.4, -0.2) is 109 Å². The largest absolute Gasteiger partial charge is 0.460 e. The Labute approximate surface area is 530 Å². The van der Waals surface area contributed by atoms with Crippen LogP contribution in [0.5, 0.6) is 0 Å². The van der Waals surface area contributed by atoms with Crippen molar-refractivity contribution in [3.05, 3.63) is 120 Å². The summed E-state index contributed by atoms with van der Waals surface area (Å²) in [6.45, 7) is 30.3. The Balaban J connectivity index is 2.23. The molecule has 7 atom stereocenters.